The molecule has 0 aliphatic carbocycles. The molecule has 3 nitrogen and oxygen atoms in total. The van der Waals surface area contributed by atoms with Gasteiger partial charge in [0.2, 0.25) is 0 Å². The van der Waals surface area contributed by atoms with E-state index >= 15 is 0 Å². The first-order valence-electron chi connectivity index (χ1n) is 8.57. The highest BCUT2D eigenvalue weighted by atomic mass is 35.5. The summed E-state index contributed by atoms with van der Waals surface area (Å²) < 4.78 is 0. The number of benzene rings is 3. The minimum Gasteiger partial charge on any atom is -0.361 e. The van der Waals surface area contributed by atoms with E-state index in [-0.39, 0.29) is 12.1 Å². The summed E-state index contributed by atoms with van der Waals surface area (Å²) in [5.41, 5.74) is 5.56. The number of amides is 1. The van der Waals surface area contributed by atoms with E-state index < -0.39 is 0 Å². The Morgan fingerprint density at radius 3 is 2.46 bits per heavy atom. The van der Waals surface area contributed by atoms with Crippen molar-refractivity contribution in [1.29, 1.82) is 0 Å². The Kier molecular flexibility index (Phi) is 4.17. The number of nitrogens with one attached hydrogen (secondary N) is 1. The van der Waals surface area contributed by atoms with Crippen molar-refractivity contribution in [3.8, 4) is 0 Å². The maximum atomic E-state index is 13.2. The van der Waals surface area contributed by atoms with Gasteiger partial charge in [0.25, 0.3) is 5.91 Å². The zero-order valence-electron chi connectivity index (χ0n) is 14.7. The molecule has 26 heavy (non-hydrogen) atoms. The maximum Gasteiger partial charge on any atom is 0.260 e. The lowest BCUT2D eigenvalue weighted by atomic mass is 10.1. The number of rotatable bonds is 3. The van der Waals surface area contributed by atoms with E-state index in [2.05, 4.69) is 5.32 Å². The first kappa shape index (κ1) is 16.7. The van der Waals surface area contributed by atoms with E-state index in [4.69, 9.17) is 11.6 Å². The minimum atomic E-state index is -0.281. The number of fused-ring (bicyclic) bond motifs is 1. The van der Waals surface area contributed by atoms with Gasteiger partial charge in [-0.2, -0.15) is 0 Å². The molecule has 1 amide bonds. The van der Waals surface area contributed by atoms with Gasteiger partial charge in [0.05, 0.1) is 0 Å². The second kappa shape index (κ2) is 6.50. The fraction of sp³-hybridized carbons (Fsp3) is 0.136. The Labute approximate surface area is 158 Å². The van der Waals surface area contributed by atoms with Gasteiger partial charge >= 0.3 is 0 Å². The number of carbonyl (C=O) groups is 1. The lowest BCUT2D eigenvalue weighted by Crippen LogP contribution is -2.33. The number of anilines is 2. The molecular formula is C22H19ClN2O. The average Bonchev–Trinajstić information content (AvgIpc) is 2.92. The zero-order chi connectivity index (χ0) is 18.3. The normalized spacial score (nSPS) is 15.9. The molecule has 0 saturated carbocycles. The van der Waals surface area contributed by atoms with E-state index in [9.17, 15) is 4.79 Å². The summed E-state index contributed by atoms with van der Waals surface area (Å²) in [4.78, 5) is 15.0. The van der Waals surface area contributed by atoms with Gasteiger partial charge in [-0.15, -0.1) is 0 Å². The van der Waals surface area contributed by atoms with Crippen LogP contribution >= 0.6 is 11.6 Å². The molecular weight excluding hydrogens is 344 g/mol. The van der Waals surface area contributed by atoms with Gasteiger partial charge < -0.3 is 5.32 Å². The highest BCUT2D eigenvalue weighted by molar-refractivity contribution is 6.31. The fourth-order valence-corrected chi connectivity index (χ4v) is 3.63. The lowest BCUT2D eigenvalue weighted by molar-refractivity contribution is 0.0993. The largest absolute Gasteiger partial charge is 0.361 e. The molecule has 0 bridgehead atoms. The maximum absolute atomic E-state index is 13.2. The summed E-state index contributed by atoms with van der Waals surface area (Å²) in [6, 6.07) is 21.5. The Balaban J connectivity index is 1.84. The smallest absolute Gasteiger partial charge is 0.260 e. The van der Waals surface area contributed by atoms with E-state index in [0.29, 0.717) is 5.02 Å². The molecule has 1 aliphatic heterocycles. The molecule has 0 radical (unpaired) electrons. The van der Waals surface area contributed by atoms with Gasteiger partial charge in [-0.25, -0.2) is 0 Å². The summed E-state index contributed by atoms with van der Waals surface area (Å²) in [7, 11) is 0. The molecule has 0 saturated heterocycles. The van der Waals surface area contributed by atoms with Crippen molar-refractivity contribution in [2.45, 2.75) is 20.0 Å². The molecule has 1 aliphatic rings. The van der Waals surface area contributed by atoms with E-state index in [1.54, 1.807) is 0 Å². The van der Waals surface area contributed by atoms with Crippen LogP contribution in [-0.2, 0) is 0 Å². The molecule has 0 fully saturated rings. The van der Waals surface area contributed by atoms with Gasteiger partial charge in [-0.3, -0.25) is 9.69 Å². The van der Waals surface area contributed by atoms with E-state index in [1.165, 1.54) is 0 Å². The van der Waals surface area contributed by atoms with Gasteiger partial charge in [-0.1, -0.05) is 54.1 Å². The third-order valence-electron chi connectivity index (χ3n) is 4.90. The van der Waals surface area contributed by atoms with Crippen LogP contribution in [0.4, 0.5) is 11.4 Å². The van der Waals surface area contributed by atoms with Gasteiger partial charge in [0.1, 0.15) is 6.17 Å². The minimum absolute atomic E-state index is 0.00656. The monoisotopic (exact) mass is 362 g/mol. The van der Waals surface area contributed by atoms with Crippen LogP contribution in [0.5, 0.6) is 0 Å². The highest BCUT2D eigenvalue weighted by Crippen LogP contribution is 2.40. The average molecular weight is 363 g/mol. The van der Waals surface area contributed by atoms with Crippen LogP contribution in [0.3, 0.4) is 0 Å². The SMILES string of the molecule is Cc1ccccc1N1C(=O)c2ccccc2[C@H]1Nc1cccc(Cl)c1C. The molecule has 3 aromatic carbocycles. The number of halogens is 1. The Bertz CT molecular complexity index is 999. The van der Waals surface area contributed by atoms with Crippen LogP contribution < -0.4 is 10.2 Å². The molecule has 0 spiro atoms. The van der Waals surface area contributed by atoms with Crippen LogP contribution in [0, 0.1) is 13.8 Å². The summed E-state index contributed by atoms with van der Waals surface area (Å²) >= 11 is 6.29. The topological polar surface area (TPSA) is 32.3 Å². The van der Waals surface area contributed by atoms with E-state index in [1.807, 2.05) is 85.5 Å². The Morgan fingerprint density at radius 2 is 1.65 bits per heavy atom. The number of carbonyl (C=O) groups excluding carboxylic acids is 1. The van der Waals surface area contributed by atoms with Gasteiger partial charge in [0.15, 0.2) is 0 Å². The summed E-state index contributed by atoms with van der Waals surface area (Å²) in [5, 5.41) is 4.24. The second-order valence-electron chi connectivity index (χ2n) is 6.51. The number of hydrogen-bond acceptors (Lipinski definition) is 2. The van der Waals surface area contributed by atoms with Crippen molar-refractivity contribution >= 4 is 28.9 Å². The summed E-state index contributed by atoms with van der Waals surface area (Å²) in [5.74, 6) is 0.00656. The van der Waals surface area contributed by atoms with Crippen molar-refractivity contribution in [3.63, 3.8) is 0 Å². The predicted octanol–water partition coefficient (Wildman–Crippen LogP) is 5.73. The summed E-state index contributed by atoms with van der Waals surface area (Å²) in [6.45, 7) is 4.00. The van der Waals surface area contributed by atoms with Crippen molar-refractivity contribution in [1.82, 2.24) is 0 Å². The third-order valence-corrected chi connectivity index (χ3v) is 5.31. The van der Waals surface area contributed by atoms with Crippen LogP contribution in [-0.4, -0.2) is 5.91 Å². The van der Waals surface area contributed by atoms with Crippen molar-refractivity contribution in [2.75, 3.05) is 10.2 Å². The van der Waals surface area contributed by atoms with Crippen LogP contribution in [0.15, 0.2) is 66.7 Å². The first-order valence-corrected chi connectivity index (χ1v) is 8.95. The molecule has 3 aromatic rings. The van der Waals surface area contributed by atoms with E-state index in [0.717, 1.165) is 33.6 Å². The second-order valence-corrected chi connectivity index (χ2v) is 6.92. The Hall–Kier alpha value is -2.78. The quantitative estimate of drug-likeness (QED) is 0.645. The predicted molar refractivity (Wildman–Crippen MR) is 107 cm³/mol. The van der Waals surface area contributed by atoms with Crippen molar-refractivity contribution in [3.05, 3.63) is 94.0 Å². The molecule has 0 aromatic heterocycles. The molecule has 1 heterocycles. The van der Waals surface area contributed by atoms with Crippen LogP contribution in [0.1, 0.15) is 33.2 Å². The molecule has 1 N–H and O–H groups in total. The van der Waals surface area contributed by atoms with Gasteiger partial charge in [-0.05, 0) is 49.2 Å². The van der Waals surface area contributed by atoms with Crippen LogP contribution in [0.25, 0.3) is 0 Å². The molecule has 4 rings (SSSR count). The fourth-order valence-electron chi connectivity index (χ4n) is 3.45. The number of para-hydroxylation sites is 1. The molecule has 1 atom stereocenters. The van der Waals surface area contributed by atoms with Crippen molar-refractivity contribution in [2.24, 2.45) is 0 Å². The lowest BCUT2D eigenvalue weighted by Gasteiger charge is -2.29. The number of aryl methyl sites for hydroxylation is 1. The first-order chi connectivity index (χ1) is 12.6. The molecule has 0 unspecified atom stereocenters. The third kappa shape index (κ3) is 2.65. The standard InChI is InChI=1S/C22H19ClN2O/c1-14-8-3-6-13-20(14)25-21(16-9-4-5-10-17(16)22(25)26)24-19-12-7-11-18(23)15(19)2/h3-13,21,24H,1-2H3/t21-/m0/s1. The molecule has 4 heteroatoms. The highest BCUT2D eigenvalue weighted by Gasteiger charge is 2.38. The number of nitrogens with zero attached hydrogens (tertiary/aromatic N) is 1. The number of hydrogen-bond donors (Lipinski definition) is 1. The van der Waals surface area contributed by atoms with Gasteiger partial charge in [0, 0.05) is 27.5 Å². The van der Waals surface area contributed by atoms with Crippen LogP contribution in [0.2, 0.25) is 5.02 Å². The Morgan fingerprint density at radius 1 is 0.923 bits per heavy atom. The zero-order valence-corrected chi connectivity index (χ0v) is 15.4. The molecule has 130 valence electrons. The summed E-state index contributed by atoms with van der Waals surface area (Å²) in [6.07, 6.45) is -0.281. The van der Waals surface area contributed by atoms with Crippen molar-refractivity contribution < 1.29 is 4.79 Å².